The molecule has 1 rings (SSSR count). The highest BCUT2D eigenvalue weighted by molar-refractivity contribution is 5.68. The Bertz CT molecular complexity index is 317. The van der Waals surface area contributed by atoms with E-state index in [2.05, 4.69) is 5.32 Å². The SMILES string of the molecule is CC(C)(C)OC(=O)N[C@@H]1[C@@H](O)[C@H](O)[C@@H](CO)O[C@@H]1O. The van der Waals surface area contributed by atoms with Crippen LogP contribution in [0.4, 0.5) is 4.79 Å². The number of nitrogens with one attached hydrogen (secondary N) is 1. The van der Waals surface area contributed by atoms with Crippen LogP contribution in [0.3, 0.4) is 0 Å². The molecule has 112 valence electrons. The van der Waals surface area contributed by atoms with E-state index in [9.17, 15) is 20.1 Å². The van der Waals surface area contributed by atoms with Crippen LogP contribution in [0.1, 0.15) is 20.8 Å². The average Bonchev–Trinajstić information content (AvgIpc) is 2.27. The van der Waals surface area contributed by atoms with Crippen molar-refractivity contribution in [3.63, 3.8) is 0 Å². The predicted octanol–water partition coefficient (Wildman–Crippen LogP) is -1.69. The highest BCUT2D eigenvalue weighted by Gasteiger charge is 2.44. The standard InChI is InChI=1S/C11H21NO7/c1-11(2,3)19-10(17)12-6-8(15)7(14)5(4-13)18-9(6)16/h5-9,13-16H,4H2,1-3H3,(H,12,17)/t5-,6-,7-,8-,9+/m1/s1. The second-order valence-corrected chi connectivity index (χ2v) is 5.40. The minimum atomic E-state index is -1.55. The minimum Gasteiger partial charge on any atom is -0.444 e. The molecule has 8 nitrogen and oxygen atoms in total. The zero-order valence-corrected chi connectivity index (χ0v) is 11.1. The van der Waals surface area contributed by atoms with Gasteiger partial charge in [-0.05, 0) is 20.8 Å². The fraction of sp³-hybridized carbons (Fsp3) is 0.909. The summed E-state index contributed by atoms with van der Waals surface area (Å²) in [4.78, 5) is 11.5. The van der Waals surface area contributed by atoms with Crippen LogP contribution in [-0.4, -0.2) is 69.4 Å². The summed E-state index contributed by atoms with van der Waals surface area (Å²) < 4.78 is 9.85. The topological polar surface area (TPSA) is 128 Å². The maximum atomic E-state index is 11.5. The third-order valence-corrected chi connectivity index (χ3v) is 2.58. The van der Waals surface area contributed by atoms with E-state index < -0.39 is 48.9 Å². The van der Waals surface area contributed by atoms with Gasteiger partial charge < -0.3 is 35.2 Å². The van der Waals surface area contributed by atoms with Gasteiger partial charge in [0.15, 0.2) is 6.29 Å². The highest BCUT2D eigenvalue weighted by Crippen LogP contribution is 2.20. The number of aliphatic hydroxyl groups excluding tert-OH is 4. The molecule has 1 heterocycles. The van der Waals surface area contributed by atoms with Crippen molar-refractivity contribution in [3.05, 3.63) is 0 Å². The molecule has 0 aromatic rings. The Labute approximate surface area is 110 Å². The minimum absolute atomic E-state index is 0.561. The van der Waals surface area contributed by atoms with Crippen LogP contribution in [0.2, 0.25) is 0 Å². The third kappa shape index (κ3) is 4.29. The van der Waals surface area contributed by atoms with Crippen LogP contribution < -0.4 is 5.32 Å². The summed E-state index contributed by atoms with van der Waals surface area (Å²) in [6.07, 6.45) is -6.42. The van der Waals surface area contributed by atoms with E-state index in [1.165, 1.54) is 0 Å². The van der Waals surface area contributed by atoms with Gasteiger partial charge in [-0.25, -0.2) is 4.79 Å². The van der Waals surface area contributed by atoms with Crippen molar-refractivity contribution in [3.8, 4) is 0 Å². The van der Waals surface area contributed by atoms with E-state index in [4.69, 9.17) is 14.6 Å². The molecular formula is C11H21NO7. The molecule has 5 N–H and O–H groups in total. The number of hydrogen-bond acceptors (Lipinski definition) is 7. The van der Waals surface area contributed by atoms with Crippen LogP contribution >= 0.6 is 0 Å². The zero-order chi connectivity index (χ0) is 14.8. The fourth-order valence-electron chi connectivity index (χ4n) is 1.70. The predicted molar refractivity (Wildman–Crippen MR) is 63.1 cm³/mol. The Hall–Kier alpha value is -0.930. The molecule has 0 radical (unpaired) electrons. The number of ether oxygens (including phenoxy) is 2. The molecule has 1 amide bonds. The van der Waals surface area contributed by atoms with Crippen LogP contribution in [0.25, 0.3) is 0 Å². The summed E-state index contributed by atoms with van der Waals surface area (Å²) in [5.74, 6) is 0. The summed E-state index contributed by atoms with van der Waals surface area (Å²) in [6.45, 7) is 4.42. The summed E-state index contributed by atoms with van der Waals surface area (Å²) in [5, 5.41) is 40.2. The molecule has 1 fully saturated rings. The van der Waals surface area contributed by atoms with Crippen molar-refractivity contribution in [2.24, 2.45) is 0 Å². The number of carbonyl (C=O) groups is 1. The molecule has 1 aliphatic heterocycles. The van der Waals surface area contributed by atoms with Crippen LogP contribution in [0.5, 0.6) is 0 Å². The number of hydrogen-bond donors (Lipinski definition) is 5. The molecule has 0 spiro atoms. The van der Waals surface area contributed by atoms with Gasteiger partial charge in [-0.15, -0.1) is 0 Å². The normalized spacial score (nSPS) is 35.8. The van der Waals surface area contributed by atoms with E-state index in [0.29, 0.717) is 0 Å². The largest absolute Gasteiger partial charge is 0.444 e. The number of carbonyl (C=O) groups excluding carboxylic acids is 1. The smallest absolute Gasteiger partial charge is 0.408 e. The highest BCUT2D eigenvalue weighted by atomic mass is 16.6. The Morgan fingerprint density at radius 1 is 1.26 bits per heavy atom. The number of aliphatic hydroxyl groups is 4. The lowest BCUT2D eigenvalue weighted by Crippen LogP contribution is -2.64. The molecule has 1 aliphatic rings. The van der Waals surface area contributed by atoms with Crippen molar-refractivity contribution in [1.29, 1.82) is 0 Å². The van der Waals surface area contributed by atoms with E-state index in [1.54, 1.807) is 20.8 Å². The first-order valence-electron chi connectivity index (χ1n) is 5.95. The molecular weight excluding hydrogens is 258 g/mol. The monoisotopic (exact) mass is 279 g/mol. The molecule has 0 unspecified atom stereocenters. The Balaban J connectivity index is 2.65. The molecule has 1 saturated heterocycles. The first-order valence-corrected chi connectivity index (χ1v) is 5.95. The van der Waals surface area contributed by atoms with Gasteiger partial charge in [-0.3, -0.25) is 0 Å². The lowest BCUT2D eigenvalue weighted by atomic mass is 9.97. The third-order valence-electron chi connectivity index (χ3n) is 2.58. The summed E-state index contributed by atoms with van der Waals surface area (Å²) >= 11 is 0. The first kappa shape index (κ1) is 16.1. The summed E-state index contributed by atoms with van der Waals surface area (Å²) in [6, 6.07) is -1.24. The van der Waals surface area contributed by atoms with E-state index in [1.807, 2.05) is 0 Å². The lowest BCUT2D eigenvalue weighted by Gasteiger charge is -2.40. The lowest BCUT2D eigenvalue weighted by molar-refractivity contribution is -0.253. The van der Waals surface area contributed by atoms with Crippen LogP contribution in [0, 0.1) is 0 Å². The quantitative estimate of drug-likeness (QED) is 0.408. The molecule has 0 aromatic heterocycles. The van der Waals surface area contributed by atoms with Crippen molar-refractivity contribution in [2.75, 3.05) is 6.61 Å². The number of alkyl carbamates (subject to hydrolysis) is 1. The first-order chi connectivity index (χ1) is 8.65. The van der Waals surface area contributed by atoms with Gasteiger partial charge in [0, 0.05) is 0 Å². The van der Waals surface area contributed by atoms with Crippen molar-refractivity contribution < 1.29 is 34.7 Å². The van der Waals surface area contributed by atoms with Gasteiger partial charge in [0.05, 0.1) is 6.61 Å². The van der Waals surface area contributed by atoms with Gasteiger partial charge in [-0.1, -0.05) is 0 Å². The second-order valence-electron chi connectivity index (χ2n) is 5.40. The van der Waals surface area contributed by atoms with Crippen molar-refractivity contribution >= 4 is 6.09 Å². The van der Waals surface area contributed by atoms with E-state index in [0.717, 1.165) is 0 Å². The van der Waals surface area contributed by atoms with Gasteiger partial charge in [0.2, 0.25) is 0 Å². The maximum Gasteiger partial charge on any atom is 0.408 e. The summed E-state index contributed by atoms with van der Waals surface area (Å²) in [7, 11) is 0. The Kier molecular flexibility index (Phi) is 5.11. The van der Waals surface area contributed by atoms with E-state index >= 15 is 0 Å². The molecule has 0 saturated carbocycles. The zero-order valence-electron chi connectivity index (χ0n) is 11.1. The van der Waals surface area contributed by atoms with Crippen molar-refractivity contribution in [1.82, 2.24) is 5.32 Å². The van der Waals surface area contributed by atoms with E-state index in [-0.39, 0.29) is 0 Å². The molecule has 5 atom stereocenters. The molecule has 0 bridgehead atoms. The number of amides is 1. The summed E-state index contributed by atoms with van der Waals surface area (Å²) in [5.41, 5.74) is -0.734. The molecule has 19 heavy (non-hydrogen) atoms. The van der Waals surface area contributed by atoms with Gasteiger partial charge in [-0.2, -0.15) is 0 Å². The average molecular weight is 279 g/mol. The van der Waals surface area contributed by atoms with Gasteiger partial charge >= 0.3 is 6.09 Å². The Morgan fingerprint density at radius 2 is 1.84 bits per heavy atom. The number of rotatable bonds is 2. The molecule has 8 heteroatoms. The fourth-order valence-corrected chi connectivity index (χ4v) is 1.70. The van der Waals surface area contributed by atoms with Crippen LogP contribution in [0.15, 0.2) is 0 Å². The van der Waals surface area contributed by atoms with Crippen molar-refractivity contribution in [2.45, 2.75) is 57.0 Å². The van der Waals surface area contributed by atoms with Gasteiger partial charge in [0.1, 0.15) is 30.0 Å². The Morgan fingerprint density at radius 3 is 2.32 bits per heavy atom. The molecule has 0 aromatic carbocycles. The maximum absolute atomic E-state index is 11.5. The van der Waals surface area contributed by atoms with Crippen LogP contribution in [-0.2, 0) is 9.47 Å². The molecule has 0 aliphatic carbocycles. The second kappa shape index (κ2) is 6.02. The van der Waals surface area contributed by atoms with Gasteiger partial charge in [0.25, 0.3) is 0 Å².